The largest absolute Gasteiger partial charge is 0.444 e. The zero-order valence-electron chi connectivity index (χ0n) is 19.5. The summed E-state index contributed by atoms with van der Waals surface area (Å²) in [5.74, 6) is 0.273. The van der Waals surface area contributed by atoms with Gasteiger partial charge in [-0.25, -0.2) is 4.79 Å². The SMILES string of the molecule is C.C=C.CC.CC(C)C[C@H](NC(=O)OC(C)(C)C)C(=O)N1CCCO[C@@H](C)CC1. The molecule has 29 heavy (non-hydrogen) atoms. The molecule has 1 fully saturated rings. The van der Waals surface area contributed by atoms with Crippen LogP contribution in [0, 0.1) is 5.92 Å². The number of nitrogens with zero attached hydrogens (tertiary/aromatic N) is 1. The summed E-state index contributed by atoms with van der Waals surface area (Å²) in [7, 11) is 0. The molecule has 0 aliphatic carbocycles. The minimum absolute atomic E-state index is 0. The molecule has 0 saturated carbocycles. The van der Waals surface area contributed by atoms with E-state index in [4.69, 9.17) is 9.47 Å². The van der Waals surface area contributed by atoms with Crippen LogP contribution in [0.3, 0.4) is 0 Å². The predicted molar refractivity (Wildman–Crippen MR) is 123 cm³/mol. The highest BCUT2D eigenvalue weighted by Crippen LogP contribution is 2.14. The number of carbonyl (C=O) groups is 2. The van der Waals surface area contributed by atoms with Crippen LogP contribution in [0.15, 0.2) is 13.2 Å². The van der Waals surface area contributed by atoms with Crippen LogP contribution in [0.25, 0.3) is 0 Å². The monoisotopic (exact) mass is 416 g/mol. The molecule has 0 radical (unpaired) electrons. The molecule has 1 saturated heterocycles. The van der Waals surface area contributed by atoms with Crippen molar-refractivity contribution in [3.05, 3.63) is 13.2 Å². The van der Waals surface area contributed by atoms with Crippen LogP contribution in [-0.4, -0.2) is 54.3 Å². The van der Waals surface area contributed by atoms with Crippen LogP contribution in [0.5, 0.6) is 0 Å². The van der Waals surface area contributed by atoms with E-state index >= 15 is 0 Å². The van der Waals surface area contributed by atoms with E-state index in [0.29, 0.717) is 32.0 Å². The van der Waals surface area contributed by atoms with E-state index in [2.05, 4.69) is 18.5 Å². The summed E-state index contributed by atoms with van der Waals surface area (Å²) in [5.41, 5.74) is -0.581. The van der Waals surface area contributed by atoms with Crippen molar-refractivity contribution in [2.24, 2.45) is 5.92 Å². The van der Waals surface area contributed by atoms with Gasteiger partial charge < -0.3 is 19.7 Å². The van der Waals surface area contributed by atoms with Gasteiger partial charge in [-0.3, -0.25) is 4.79 Å². The molecule has 0 aromatic rings. The third kappa shape index (κ3) is 16.0. The smallest absolute Gasteiger partial charge is 0.408 e. The Morgan fingerprint density at radius 2 is 1.76 bits per heavy atom. The average molecular weight is 417 g/mol. The molecule has 0 spiro atoms. The number of hydrogen-bond donors (Lipinski definition) is 1. The molecule has 0 unspecified atom stereocenters. The molecule has 0 bridgehead atoms. The molecule has 1 N–H and O–H groups in total. The Morgan fingerprint density at radius 3 is 2.24 bits per heavy atom. The second-order valence-corrected chi connectivity index (χ2v) is 7.98. The molecular formula is C23H48N2O4. The number of rotatable bonds is 4. The maximum absolute atomic E-state index is 12.9. The lowest BCUT2D eigenvalue weighted by molar-refractivity contribution is -0.135. The third-order valence-electron chi connectivity index (χ3n) is 3.79. The van der Waals surface area contributed by atoms with Gasteiger partial charge in [-0.05, 0) is 52.9 Å². The van der Waals surface area contributed by atoms with Crippen LogP contribution in [0.1, 0.15) is 82.1 Å². The van der Waals surface area contributed by atoms with Gasteiger partial charge in [0.05, 0.1) is 6.10 Å². The van der Waals surface area contributed by atoms with Crippen molar-refractivity contribution in [2.75, 3.05) is 19.7 Å². The zero-order chi connectivity index (χ0) is 22.3. The quantitative estimate of drug-likeness (QED) is 0.622. The lowest BCUT2D eigenvalue weighted by Gasteiger charge is -2.32. The first-order chi connectivity index (χ1) is 13.1. The van der Waals surface area contributed by atoms with E-state index in [-0.39, 0.29) is 19.4 Å². The lowest BCUT2D eigenvalue weighted by atomic mass is 10.0. The second kappa shape index (κ2) is 17.3. The summed E-state index contributed by atoms with van der Waals surface area (Å²) < 4.78 is 10.9. The van der Waals surface area contributed by atoms with E-state index in [1.807, 2.05) is 60.3 Å². The Labute approximate surface area is 180 Å². The van der Waals surface area contributed by atoms with Gasteiger partial charge in [-0.15, -0.1) is 13.2 Å². The van der Waals surface area contributed by atoms with Crippen molar-refractivity contribution in [3.63, 3.8) is 0 Å². The summed E-state index contributed by atoms with van der Waals surface area (Å²) in [6.07, 6.45) is 1.85. The van der Waals surface area contributed by atoms with Gasteiger partial charge in [0.1, 0.15) is 11.6 Å². The molecule has 1 heterocycles. The fraction of sp³-hybridized carbons (Fsp3) is 0.826. The highest BCUT2D eigenvalue weighted by Gasteiger charge is 2.29. The first-order valence-electron chi connectivity index (χ1n) is 10.5. The highest BCUT2D eigenvalue weighted by atomic mass is 16.6. The van der Waals surface area contributed by atoms with E-state index in [9.17, 15) is 9.59 Å². The molecule has 2 atom stereocenters. The van der Waals surface area contributed by atoms with Gasteiger partial charge in [-0.2, -0.15) is 0 Å². The van der Waals surface area contributed by atoms with Crippen LogP contribution in [-0.2, 0) is 14.3 Å². The van der Waals surface area contributed by atoms with Crippen molar-refractivity contribution in [2.45, 2.75) is 99.8 Å². The second-order valence-electron chi connectivity index (χ2n) is 7.98. The van der Waals surface area contributed by atoms with Crippen molar-refractivity contribution < 1.29 is 19.1 Å². The summed E-state index contributed by atoms with van der Waals surface area (Å²) in [4.78, 5) is 26.9. The van der Waals surface area contributed by atoms with Crippen LogP contribution in [0.2, 0.25) is 0 Å². The summed E-state index contributed by atoms with van der Waals surface area (Å²) in [6, 6.07) is -0.546. The number of amides is 2. The molecule has 1 aliphatic heterocycles. The minimum atomic E-state index is -0.581. The standard InChI is InChI=1S/C18H34N2O4.C2H6.C2H4.CH4/c1-13(2)12-15(19-17(22)24-18(4,5)6)16(21)20-9-7-11-23-14(3)8-10-20;2*1-2;/h13-15H,7-12H2,1-6H3,(H,19,22);1-2H3;1-2H2;1H4/t14-,15-;;;/m0.../s1. The van der Waals surface area contributed by atoms with E-state index in [1.165, 1.54) is 0 Å². The normalized spacial score (nSPS) is 17.7. The van der Waals surface area contributed by atoms with Gasteiger partial charge in [0.2, 0.25) is 5.91 Å². The number of carbonyl (C=O) groups excluding carboxylic acids is 2. The van der Waals surface area contributed by atoms with Crippen LogP contribution >= 0.6 is 0 Å². The molecule has 1 aliphatic rings. The van der Waals surface area contributed by atoms with Crippen LogP contribution in [0.4, 0.5) is 4.79 Å². The summed E-state index contributed by atoms with van der Waals surface area (Å²) in [6.45, 7) is 23.5. The molecule has 2 amide bonds. The molecule has 1 rings (SSSR count). The van der Waals surface area contributed by atoms with Crippen molar-refractivity contribution >= 4 is 12.0 Å². The lowest BCUT2D eigenvalue weighted by Crippen LogP contribution is -2.51. The highest BCUT2D eigenvalue weighted by molar-refractivity contribution is 5.85. The van der Waals surface area contributed by atoms with Gasteiger partial charge >= 0.3 is 6.09 Å². The van der Waals surface area contributed by atoms with E-state index in [1.54, 1.807) is 0 Å². The van der Waals surface area contributed by atoms with Crippen molar-refractivity contribution in [1.82, 2.24) is 10.2 Å². The molecule has 6 heteroatoms. The third-order valence-corrected chi connectivity index (χ3v) is 3.79. The van der Waals surface area contributed by atoms with Gasteiger partial charge in [0, 0.05) is 19.7 Å². The number of nitrogens with one attached hydrogen (secondary N) is 1. The Morgan fingerprint density at radius 1 is 1.21 bits per heavy atom. The average Bonchev–Trinajstić information content (AvgIpc) is 2.59. The topological polar surface area (TPSA) is 67.9 Å². The van der Waals surface area contributed by atoms with Gasteiger partial charge in [0.25, 0.3) is 0 Å². The molecule has 0 aromatic carbocycles. The molecule has 0 aromatic heterocycles. The Balaban J connectivity index is -0.00000127. The predicted octanol–water partition coefficient (Wildman–Crippen LogP) is 5.42. The fourth-order valence-electron chi connectivity index (χ4n) is 2.66. The van der Waals surface area contributed by atoms with E-state index in [0.717, 1.165) is 12.8 Å². The molecule has 174 valence electrons. The molecule has 6 nitrogen and oxygen atoms in total. The maximum atomic E-state index is 12.9. The number of hydrogen-bond acceptors (Lipinski definition) is 4. The first kappa shape index (κ1) is 32.1. The van der Waals surface area contributed by atoms with Gasteiger partial charge in [-0.1, -0.05) is 35.1 Å². The van der Waals surface area contributed by atoms with Crippen LogP contribution < -0.4 is 5.32 Å². The Kier molecular flexibility index (Phi) is 19.2. The van der Waals surface area contributed by atoms with E-state index < -0.39 is 17.7 Å². The molecular weight excluding hydrogens is 368 g/mol. The number of ether oxygens (including phenoxy) is 2. The Bertz CT molecular complexity index is 433. The van der Waals surface area contributed by atoms with Gasteiger partial charge in [0.15, 0.2) is 0 Å². The number of alkyl carbamates (subject to hydrolysis) is 1. The fourth-order valence-corrected chi connectivity index (χ4v) is 2.66. The summed E-state index contributed by atoms with van der Waals surface area (Å²) >= 11 is 0. The van der Waals surface area contributed by atoms with Crippen molar-refractivity contribution in [3.8, 4) is 0 Å². The van der Waals surface area contributed by atoms with Crippen molar-refractivity contribution in [1.29, 1.82) is 0 Å². The first-order valence-corrected chi connectivity index (χ1v) is 10.5. The Hall–Kier alpha value is -1.56. The zero-order valence-corrected chi connectivity index (χ0v) is 19.5. The summed E-state index contributed by atoms with van der Waals surface area (Å²) in [5, 5.41) is 2.77. The minimum Gasteiger partial charge on any atom is -0.444 e. The maximum Gasteiger partial charge on any atom is 0.408 e.